The van der Waals surface area contributed by atoms with E-state index in [0.717, 1.165) is 55.5 Å². The van der Waals surface area contributed by atoms with Gasteiger partial charge in [0.05, 0.1) is 28.1 Å². The van der Waals surface area contributed by atoms with E-state index >= 15 is 0 Å². The molecule has 1 aliphatic heterocycles. The highest BCUT2D eigenvalue weighted by Crippen LogP contribution is 2.49. The summed E-state index contributed by atoms with van der Waals surface area (Å²) in [7, 11) is 0. The summed E-state index contributed by atoms with van der Waals surface area (Å²) in [4.78, 5) is 13.1. The second kappa shape index (κ2) is 14.1. The lowest BCUT2D eigenvalue weighted by molar-refractivity contribution is 0.728. The number of para-hydroxylation sites is 1. The van der Waals surface area contributed by atoms with Crippen molar-refractivity contribution in [2.45, 2.75) is 50.5 Å². The van der Waals surface area contributed by atoms with Gasteiger partial charge in [0.2, 0.25) is 5.95 Å². The van der Waals surface area contributed by atoms with Gasteiger partial charge in [-0.15, -0.1) is 0 Å². The molecule has 0 bridgehead atoms. The van der Waals surface area contributed by atoms with Gasteiger partial charge in [0, 0.05) is 33.3 Å². The average Bonchev–Trinajstić information content (AvgIpc) is 3.86. The van der Waals surface area contributed by atoms with Crippen LogP contribution in [-0.2, 0) is 6.42 Å². The lowest BCUT2D eigenvalue weighted by atomic mass is 9.86. The van der Waals surface area contributed by atoms with Gasteiger partial charge in [0.1, 0.15) is 0 Å². The number of fused-ring (bicyclic) bond motifs is 10. The summed E-state index contributed by atoms with van der Waals surface area (Å²) in [6, 6.07) is 45.4. The van der Waals surface area contributed by atoms with Gasteiger partial charge in [-0.2, -0.15) is 0 Å². The third-order valence-corrected chi connectivity index (χ3v) is 13.9. The number of rotatable bonds is 5. The molecule has 8 aromatic rings. The molecule has 4 nitrogen and oxygen atoms in total. The normalized spacial score (nSPS) is 18.5. The van der Waals surface area contributed by atoms with E-state index in [-0.39, 0.29) is 12.0 Å². The largest absolute Gasteiger partial charge is 0.309 e. The van der Waals surface area contributed by atoms with Gasteiger partial charge in [0.25, 0.3) is 0 Å². The zero-order valence-corrected chi connectivity index (χ0v) is 34.5. The summed E-state index contributed by atoms with van der Waals surface area (Å²) in [6.07, 6.45) is 29.5. The van der Waals surface area contributed by atoms with Crippen molar-refractivity contribution in [1.29, 1.82) is 0 Å². The lowest BCUT2D eigenvalue weighted by Crippen LogP contribution is -2.39. The zero-order valence-electron chi connectivity index (χ0n) is 34.5. The van der Waals surface area contributed by atoms with Crippen LogP contribution in [0.25, 0.3) is 78.8 Å². The second-order valence-corrected chi connectivity index (χ2v) is 17.4. The van der Waals surface area contributed by atoms with Crippen molar-refractivity contribution in [2.75, 3.05) is 4.90 Å². The SMILES string of the molecule is C1=CCCC(c2nc(N3c4ccccc4C4C=C(c5ccc6c(c5)c5c7ccccc7ccc5n6-c5ccc(-c6cccc7c6C=CCC7)cc5)C=CC43)nc3c2=CCCC=3)=C1. The summed E-state index contributed by atoms with van der Waals surface area (Å²) >= 11 is 0. The highest BCUT2D eigenvalue weighted by molar-refractivity contribution is 6.21. The fraction of sp³-hybridized carbons (Fsp3) is 0.138. The highest BCUT2D eigenvalue weighted by Gasteiger charge is 2.40. The van der Waals surface area contributed by atoms with Crippen molar-refractivity contribution in [3.05, 3.63) is 202 Å². The Morgan fingerprint density at radius 2 is 1.50 bits per heavy atom. The van der Waals surface area contributed by atoms with E-state index in [4.69, 9.17) is 9.97 Å². The number of aromatic nitrogens is 3. The minimum atomic E-state index is 0.0739. The molecule has 4 aliphatic carbocycles. The van der Waals surface area contributed by atoms with Crippen LogP contribution in [0.5, 0.6) is 0 Å². The van der Waals surface area contributed by atoms with Crippen LogP contribution < -0.4 is 15.5 Å². The van der Waals surface area contributed by atoms with Crippen molar-refractivity contribution < 1.29 is 0 Å². The van der Waals surface area contributed by atoms with E-state index in [2.05, 4.69) is 192 Å². The molecule has 4 heteroatoms. The van der Waals surface area contributed by atoms with Crippen molar-refractivity contribution in [3.8, 4) is 16.8 Å². The maximum absolute atomic E-state index is 5.41. The molecule has 0 saturated carbocycles. The Bertz CT molecular complexity index is 3480. The molecule has 296 valence electrons. The molecular weight excluding hydrogens is 753 g/mol. The van der Waals surface area contributed by atoms with Gasteiger partial charge in [0.15, 0.2) is 0 Å². The topological polar surface area (TPSA) is 34.0 Å². The van der Waals surface area contributed by atoms with Gasteiger partial charge in [-0.1, -0.05) is 146 Å². The van der Waals surface area contributed by atoms with Gasteiger partial charge in [-0.05, 0) is 130 Å². The van der Waals surface area contributed by atoms with Gasteiger partial charge in [-0.25, -0.2) is 9.97 Å². The Kier molecular flexibility index (Phi) is 8.09. The molecule has 0 fully saturated rings. The van der Waals surface area contributed by atoms with E-state index in [9.17, 15) is 0 Å². The van der Waals surface area contributed by atoms with Crippen LogP contribution in [0.15, 0.2) is 164 Å². The van der Waals surface area contributed by atoms with Crippen LogP contribution >= 0.6 is 0 Å². The quantitative estimate of drug-likeness (QED) is 0.174. The summed E-state index contributed by atoms with van der Waals surface area (Å²) in [5.74, 6) is 0.944. The molecular formula is C58H44N4. The summed E-state index contributed by atoms with van der Waals surface area (Å²) in [6.45, 7) is 0. The molecule has 2 aromatic heterocycles. The summed E-state index contributed by atoms with van der Waals surface area (Å²) in [5.41, 5.74) is 16.3. The molecule has 0 amide bonds. The van der Waals surface area contributed by atoms with E-state index in [1.165, 1.54) is 93.7 Å². The Balaban J connectivity index is 0.921. The fourth-order valence-corrected chi connectivity index (χ4v) is 11.0. The molecule has 0 spiro atoms. The van der Waals surface area contributed by atoms with Crippen LogP contribution in [0.2, 0.25) is 0 Å². The van der Waals surface area contributed by atoms with Crippen LogP contribution in [0.1, 0.15) is 66.0 Å². The monoisotopic (exact) mass is 796 g/mol. The molecule has 0 radical (unpaired) electrons. The Hall–Kier alpha value is -7.30. The predicted octanol–water partition coefficient (Wildman–Crippen LogP) is 12.7. The Morgan fingerprint density at radius 3 is 2.44 bits per heavy atom. The smallest absolute Gasteiger partial charge is 0.231 e. The van der Waals surface area contributed by atoms with Crippen LogP contribution in [0.4, 0.5) is 11.6 Å². The number of hydrogen-bond acceptors (Lipinski definition) is 3. The van der Waals surface area contributed by atoms with Crippen molar-refractivity contribution in [2.24, 2.45) is 0 Å². The number of benzene rings is 6. The first-order valence-corrected chi connectivity index (χ1v) is 22.3. The average molecular weight is 797 g/mol. The van der Waals surface area contributed by atoms with Gasteiger partial charge < -0.3 is 9.47 Å². The Morgan fingerprint density at radius 1 is 0.645 bits per heavy atom. The van der Waals surface area contributed by atoms with Crippen molar-refractivity contribution in [3.63, 3.8) is 0 Å². The molecule has 2 atom stereocenters. The number of aryl methyl sites for hydroxylation is 1. The highest BCUT2D eigenvalue weighted by atomic mass is 15.3. The number of anilines is 2. The molecule has 2 unspecified atom stereocenters. The van der Waals surface area contributed by atoms with E-state index in [0.29, 0.717) is 0 Å². The maximum Gasteiger partial charge on any atom is 0.231 e. The lowest BCUT2D eigenvalue weighted by Gasteiger charge is -2.28. The Labute approximate surface area is 361 Å². The van der Waals surface area contributed by atoms with Gasteiger partial charge >= 0.3 is 0 Å². The van der Waals surface area contributed by atoms with E-state index in [1.807, 2.05) is 0 Å². The summed E-state index contributed by atoms with van der Waals surface area (Å²) < 4.78 is 2.46. The maximum atomic E-state index is 5.41. The molecule has 6 aromatic carbocycles. The van der Waals surface area contributed by atoms with Crippen LogP contribution in [-0.4, -0.2) is 20.6 Å². The molecule has 3 heterocycles. The third-order valence-electron chi connectivity index (χ3n) is 13.9. The first-order chi connectivity index (χ1) is 30.7. The molecule has 0 saturated heterocycles. The van der Waals surface area contributed by atoms with E-state index in [1.54, 1.807) is 0 Å². The number of allylic oxidation sites excluding steroid dienone is 7. The zero-order chi connectivity index (χ0) is 40.7. The molecule has 5 aliphatic rings. The first kappa shape index (κ1) is 35.5. The van der Waals surface area contributed by atoms with Crippen LogP contribution in [0.3, 0.4) is 0 Å². The van der Waals surface area contributed by atoms with Gasteiger partial charge in [-0.3, -0.25) is 0 Å². The minimum Gasteiger partial charge on any atom is -0.309 e. The molecule has 62 heavy (non-hydrogen) atoms. The standard InChI is InChI=1S/C58H44N4/c1-2-15-40(16-3-1)57-48-21-8-10-23-51(48)59-58(60-57)62-52-24-11-9-20-47(52)49-35-41(28-32-53(49)62)42-29-33-54-50(36-42)56-46-19-7-5-14-38(46)27-34-55(56)61(54)43-30-25-39(26-31-43)45-22-12-17-37-13-4-6-18-44(37)45/h1-2,5-7,9,11-12,14-15,17-36,49,53H,3-4,8,10,13,16H2. The van der Waals surface area contributed by atoms with E-state index < -0.39 is 0 Å². The third kappa shape index (κ3) is 5.52. The number of nitrogens with zero attached hydrogens (tertiary/aromatic N) is 4. The number of hydrogen-bond donors (Lipinski definition) is 0. The second-order valence-electron chi connectivity index (χ2n) is 17.4. The molecule has 13 rings (SSSR count). The first-order valence-electron chi connectivity index (χ1n) is 22.3. The summed E-state index contributed by atoms with van der Waals surface area (Å²) in [5, 5.41) is 7.34. The van der Waals surface area contributed by atoms with Crippen LogP contribution in [0, 0.1) is 0 Å². The molecule has 0 N–H and O–H groups in total. The van der Waals surface area contributed by atoms with Crippen molar-refractivity contribution >= 4 is 73.6 Å². The fourth-order valence-electron chi connectivity index (χ4n) is 11.0. The van der Waals surface area contributed by atoms with Crippen molar-refractivity contribution in [1.82, 2.24) is 14.5 Å². The minimum absolute atomic E-state index is 0.0739. The predicted molar refractivity (Wildman–Crippen MR) is 259 cm³/mol.